The third-order valence-electron chi connectivity index (χ3n) is 3.25. The molecule has 82 valence electrons. The molecule has 1 saturated carbocycles. The summed E-state index contributed by atoms with van der Waals surface area (Å²) < 4.78 is 13.0. The van der Waals surface area contributed by atoms with Crippen LogP contribution >= 0.6 is 11.6 Å². The highest BCUT2D eigenvalue weighted by Crippen LogP contribution is 2.58. The van der Waals surface area contributed by atoms with Gasteiger partial charge in [-0.25, -0.2) is 4.39 Å². The molecule has 1 N–H and O–H groups in total. The van der Waals surface area contributed by atoms with E-state index >= 15 is 0 Å². The van der Waals surface area contributed by atoms with Gasteiger partial charge < -0.3 is 5.11 Å². The lowest BCUT2D eigenvalue weighted by Crippen LogP contribution is -2.05. The predicted molar refractivity (Wildman–Crippen MR) is 58.3 cm³/mol. The number of hydrogen-bond acceptors (Lipinski definition) is 1. The molecule has 0 saturated heterocycles. The van der Waals surface area contributed by atoms with Crippen LogP contribution in [0.5, 0.6) is 0 Å². The number of benzene rings is 1. The summed E-state index contributed by atoms with van der Waals surface area (Å²) in [7, 11) is 0. The summed E-state index contributed by atoms with van der Waals surface area (Å²) in [6, 6.07) is 4.11. The van der Waals surface area contributed by atoms with E-state index in [1.54, 1.807) is 0 Å². The van der Waals surface area contributed by atoms with E-state index in [0.29, 0.717) is 10.6 Å². The van der Waals surface area contributed by atoms with Gasteiger partial charge in [0.25, 0.3) is 0 Å². The smallest absolute Gasteiger partial charge is 0.123 e. The molecule has 2 unspecified atom stereocenters. The van der Waals surface area contributed by atoms with Crippen LogP contribution in [0.1, 0.15) is 31.9 Å². The van der Waals surface area contributed by atoms with Gasteiger partial charge >= 0.3 is 0 Å². The molecule has 0 radical (unpaired) electrons. The number of aliphatic hydroxyl groups excluding tert-OH is 1. The van der Waals surface area contributed by atoms with E-state index in [2.05, 4.69) is 13.8 Å². The van der Waals surface area contributed by atoms with Gasteiger partial charge in [0.05, 0.1) is 6.10 Å². The van der Waals surface area contributed by atoms with Crippen LogP contribution in [0.3, 0.4) is 0 Å². The van der Waals surface area contributed by atoms with Crippen molar-refractivity contribution in [3.05, 3.63) is 34.6 Å². The Morgan fingerprint density at radius 1 is 1.53 bits per heavy atom. The summed E-state index contributed by atoms with van der Waals surface area (Å²) >= 11 is 5.93. The summed E-state index contributed by atoms with van der Waals surface area (Å²) in [5, 5.41) is 10.5. The normalized spacial score (nSPS) is 25.0. The molecule has 1 nitrogen and oxygen atoms in total. The molecule has 0 aromatic heterocycles. The van der Waals surface area contributed by atoms with Crippen molar-refractivity contribution in [2.45, 2.75) is 26.4 Å². The minimum Gasteiger partial charge on any atom is -0.388 e. The van der Waals surface area contributed by atoms with Crippen molar-refractivity contribution in [1.29, 1.82) is 0 Å². The zero-order valence-corrected chi connectivity index (χ0v) is 9.55. The lowest BCUT2D eigenvalue weighted by atomic mass is 9.99. The van der Waals surface area contributed by atoms with Crippen LogP contribution in [0.4, 0.5) is 4.39 Å². The van der Waals surface area contributed by atoms with Gasteiger partial charge in [-0.2, -0.15) is 0 Å². The third-order valence-corrected chi connectivity index (χ3v) is 3.59. The summed E-state index contributed by atoms with van der Waals surface area (Å²) in [4.78, 5) is 0. The Balaban J connectivity index is 2.26. The molecule has 0 aliphatic heterocycles. The Hall–Kier alpha value is -0.600. The summed E-state index contributed by atoms with van der Waals surface area (Å²) in [5.74, 6) is -0.163. The monoisotopic (exact) mass is 228 g/mol. The van der Waals surface area contributed by atoms with E-state index < -0.39 is 6.10 Å². The Kier molecular flexibility index (Phi) is 2.52. The molecule has 1 aromatic rings. The average Bonchev–Trinajstić information content (AvgIpc) is 2.78. The zero-order chi connectivity index (χ0) is 11.2. The molecule has 15 heavy (non-hydrogen) atoms. The van der Waals surface area contributed by atoms with E-state index in [4.69, 9.17) is 11.6 Å². The van der Waals surface area contributed by atoms with E-state index in [-0.39, 0.29) is 17.2 Å². The average molecular weight is 229 g/mol. The van der Waals surface area contributed by atoms with Crippen molar-refractivity contribution in [2.75, 3.05) is 0 Å². The molecular formula is C12H14ClFO. The van der Waals surface area contributed by atoms with Crippen LogP contribution in [0.2, 0.25) is 5.02 Å². The Bertz CT molecular complexity index is 389. The molecule has 3 heteroatoms. The minimum atomic E-state index is -0.650. The number of aliphatic hydroxyl groups is 1. The second kappa shape index (κ2) is 3.46. The van der Waals surface area contributed by atoms with Crippen molar-refractivity contribution in [3.8, 4) is 0 Å². The highest BCUT2D eigenvalue weighted by Gasteiger charge is 2.50. The quantitative estimate of drug-likeness (QED) is 0.821. The van der Waals surface area contributed by atoms with Gasteiger partial charge in [0, 0.05) is 10.6 Å². The van der Waals surface area contributed by atoms with Gasteiger partial charge in [-0.05, 0) is 36.0 Å². The third kappa shape index (κ3) is 2.01. The van der Waals surface area contributed by atoms with Crippen molar-refractivity contribution in [1.82, 2.24) is 0 Å². The predicted octanol–water partition coefficient (Wildman–Crippen LogP) is 3.56. The maximum Gasteiger partial charge on any atom is 0.123 e. The van der Waals surface area contributed by atoms with Crippen LogP contribution in [0.15, 0.2) is 18.2 Å². The Labute approximate surface area is 93.9 Å². The Morgan fingerprint density at radius 2 is 2.13 bits per heavy atom. The molecule has 2 atom stereocenters. The lowest BCUT2D eigenvalue weighted by molar-refractivity contribution is 0.138. The molecule has 0 bridgehead atoms. The minimum absolute atomic E-state index is 0.148. The maximum absolute atomic E-state index is 13.0. The molecule has 0 spiro atoms. The van der Waals surface area contributed by atoms with Crippen molar-refractivity contribution in [3.63, 3.8) is 0 Å². The van der Waals surface area contributed by atoms with Crippen molar-refractivity contribution >= 4 is 11.6 Å². The number of halogens is 2. The molecule has 1 aliphatic rings. The lowest BCUT2D eigenvalue weighted by Gasteiger charge is -2.14. The van der Waals surface area contributed by atoms with Crippen molar-refractivity contribution in [2.24, 2.45) is 11.3 Å². The van der Waals surface area contributed by atoms with Gasteiger partial charge in [0.1, 0.15) is 5.82 Å². The van der Waals surface area contributed by atoms with Gasteiger partial charge in [-0.1, -0.05) is 25.4 Å². The van der Waals surface area contributed by atoms with E-state index in [0.717, 1.165) is 6.42 Å². The fourth-order valence-electron chi connectivity index (χ4n) is 2.00. The topological polar surface area (TPSA) is 20.2 Å². The SMILES string of the molecule is CC1(C)CC1C(O)c1cc(F)ccc1Cl. The molecule has 0 heterocycles. The van der Waals surface area contributed by atoms with Crippen LogP contribution in [0.25, 0.3) is 0 Å². The number of rotatable bonds is 2. The van der Waals surface area contributed by atoms with Gasteiger partial charge in [0.15, 0.2) is 0 Å². The van der Waals surface area contributed by atoms with E-state index in [1.165, 1.54) is 18.2 Å². The highest BCUT2D eigenvalue weighted by molar-refractivity contribution is 6.31. The fourth-order valence-corrected chi connectivity index (χ4v) is 2.23. The molecule has 1 fully saturated rings. The maximum atomic E-state index is 13.0. The second-order valence-electron chi connectivity index (χ2n) is 4.91. The van der Waals surface area contributed by atoms with Crippen molar-refractivity contribution < 1.29 is 9.50 Å². The first-order valence-corrected chi connectivity index (χ1v) is 5.42. The van der Waals surface area contributed by atoms with Crippen LogP contribution in [0, 0.1) is 17.2 Å². The van der Waals surface area contributed by atoms with Crippen LogP contribution < -0.4 is 0 Å². The molecular weight excluding hydrogens is 215 g/mol. The van der Waals surface area contributed by atoms with Gasteiger partial charge in [-0.15, -0.1) is 0 Å². The molecule has 2 rings (SSSR count). The molecule has 1 aromatic carbocycles. The number of hydrogen-bond donors (Lipinski definition) is 1. The van der Waals surface area contributed by atoms with E-state index in [9.17, 15) is 9.50 Å². The zero-order valence-electron chi connectivity index (χ0n) is 8.80. The summed E-state index contributed by atoms with van der Waals surface area (Å²) in [6.07, 6.45) is 0.310. The first-order valence-electron chi connectivity index (χ1n) is 5.05. The largest absolute Gasteiger partial charge is 0.388 e. The highest BCUT2D eigenvalue weighted by atomic mass is 35.5. The van der Waals surface area contributed by atoms with Gasteiger partial charge in [-0.3, -0.25) is 0 Å². The second-order valence-corrected chi connectivity index (χ2v) is 5.32. The molecule has 0 amide bonds. The first-order chi connectivity index (χ1) is 6.92. The summed E-state index contributed by atoms with van der Waals surface area (Å²) in [6.45, 7) is 4.18. The first kappa shape index (κ1) is 10.9. The fraction of sp³-hybridized carbons (Fsp3) is 0.500. The van der Waals surface area contributed by atoms with E-state index in [1.807, 2.05) is 0 Å². The van der Waals surface area contributed by atoms with Crippen LogP contribution in [-0.2, 0) is 0 Å². The Morgan fingerprint density at radius 3 is 2.67 bits per heavy atom. The molecule has 1 aliphatic carbocycles. The summed E-state index contributed by atoms with van der Waals surface area (Å²) in [5.41, 5.74) is 0.655. The van der Waals surface area contributed by atoms with Crippen LogP contribution in [-0.4, -0.2) is 5.11 Å². The van der Waals surface area contributed by atoms with Gasteiger partial charge in [0.2, 0.25) is 0 Å². The standard InChI is InChI=1S/C12H14ClFO/c1-12(2)6-9(12)11(15)8-5-7(14)3-4-10(8)13/h3-5,9,11,15H,6H2,1-2H3.